The highest BCUT2D eigenvalue weighted by Crippen LogP contribution is 2.23. The number of hydrogen-bond acceptors (Lipinski definition) is 5. The number of ether oxygens (including phenoxy) is 3. The van der Waals surface area contributed by atoms with Crippen LogP contribution in [0.15, 0.2) is 84.9 Å². The molecule has 0 aromatic heterocycles. The molecule has 1 heterocycles. The van der Waals surface area contributed by atoms with Crippen molar-refractivity contribution in [2.45, 2.75) is 31.8 Å². The summed E-state index contributed by atoms with van der Waals surface area (Å²) in [6, 6.07) is 26.8. The van der Waals surface area contributed by atoms with Crippen LogP contribution >= 0.6 is 0 Å². The first kappa shape index (κ1) is 21.7. The number of hydrogen-bond donors (Lipinski definition) is 1. The standard InChI is InChI=1S/C26H27NO5/c28-24-17-27(26(29)31-19-21-9-5-2-6-10-21)16-15-25(24)32-23-13-11-22(12-14-23)30-18-20-7-3-1-4-8-20/h1-14,24-25,28H,15-19H2/t24-,25-/m0/s1. The van der Waals surface area contributed by atoms with E-state index in [4.69, 9.17) is 14.2 Å². The summed E-state index contributed by atoms with van der Waals surface area (Å²) < 4.78 is 17.1. The van der Waals surface area contributed by atoms with E-state index in [-0.39, 0.29) is 19.3 Å². The summed E-state index contributed by atoms with van der Waals surface area (Å²) in [6.07, 6.45) is -1.08. The van der Waals surface area contributed by atoms with E-state index in [2.05, 4.69) is 0 Å². The monoisotopic (exact) mass is 433 g/mol. The zero-order valence-electron chi connectivity index (χ0n) is 17.8. The number of aliphatic hydroxyl groups is 1. The van der Waals surface area contributed by atoms with Gasteiger partial charge >= 0.3 is 6.09 Å². The lowest BCUT2D eigenvalue weighted by molar-refractivity contribution is -0.0252. The van der Waals surface area contributed by atoms with Gasteiger partial charge in [-0.25, -0.2) is 4.79 Å². The number of piperidine rings is 1. The third-order valence-corrected chi connectivity index (χ3v) is 5.34. The Morgan fingerprint density at radius 1 is 0.844 bits per heavy atom. The molecule has 1 saturated heterocycles. The van der Waals surface area contributed by atoms with Gasteiger partial charge in [-0.2, -0.15) is 0 Å². The first-order valence-electron chi connectivity index (χ1n) is 10.7. The molecule has 6 heteroatoms. The van der Waals surface area contributed by atoms with E-state index in [0.717, 1.165) is 16.9 Å². The first-order chi connectivity index (χ1) is 15.7. The molecule has 32 heavy (non-hydrogen) atoms. The number of benzene rings is 3. The number of likely N-dealkylation sites (tertiary alicyclic amines) is 1. The molecule has 3 aromatic rings. The Hall–Kier alpha value is -3.51. The SMILES string of the molecule is O=C(OCc1ccccc1)N1CC[C@H](Oc2ccc(OCc3ccccc3)cc2)[C@@H](O)C1. The lowest BCUT2D eigenvalue weighted by Crippen LogP contribution is -2.51. The van der Waals surface area contributed by atoms with Gasteiger partial charge in [0.2, 0.25) is 0 Å². The maximum Gasteiger partial charge on any atom is 0.410 e. The fourth-order valence-electron chi connectivity index (χ4n) is 3.55. The van der Waals surface area contributed by atoms with Crippen LogP contribution in [-0.4, -0.2) is 41.4 Å². The molecule has 4 rings (SSSR count). The number of carbonyl (C=O) groups excluding carboxylic acids is 1. The van der Waals surface area contributed by atoms with Crippen molar-refractivity contribution in [2.75, 3.05) is 13.1 Å². The molecule has 166 valence electrons. The summed E-state index contributed by atoms with van der Waals surface area (Å²) in [7, 11) is 0. The van der Waals surface area contributed by atoms with Crippen LogP contribution < -0.4 is 9.47 Å². The van der Waals surface area contributed by atoms with Crippen LogP contribution in [0.2, 0.25) is 0 Å². The number of amides is 1. The Morgan fingerprint density at radius 3 is 2.06 bits per heavy atom. The van der Waals surface area contributed by atoms with Gasteiger partial charge in [-0.1, -0.05) is 60.7 Å². The van der Waals surface area contributed by atoms with Crippen LogP contribution in [0.4, 0.5) is 4.79 Å². The van der Waals surface area contributed by atoms with Crippen molar-refractivity contribution in [3.8, 4) is 11.5 Å². The summed E-state index contributed by atoms with van der Waals surface area (Å²) in [5, 5.41) is 10.5. The zero-order valence-corrected chi connectivity index (χ0v) is 17.8. The molecule has 0 saturated carbocycles. The molecule has 1 aliphatic heterocycles. The van der Waals surface area contributed by atoms with Gasteiger partial charge in [0.15, 0.2) is 0 Å². The predicted molar refractivity (Wildman–Crippen MR) is 120 cm³/mol. The molecule has 1 aliphatic rings. The Morgan fingerprint density at radius 2 is 1.44 bits per heavy atom. The van der Waals surface area contributed by atoms with Gasteiger partial charge in [-0.05, 0) is 35.4 Å². The molecule has 6 nitrogen and oxygen atoms in total. The van der Waals surface area contributed by atoms with Crippen LogP contribution in [-0.2, 0) is 18.0 Å². The summed E-state index contributed by atoms with van der Waals surface area (Å²) in [5.41, 5.74) is 2.03. The Balaban J connectivity index is 1.23. The predicted octanol–water partition coefficient (Wildman–Crippen LogP) is 4.42. The first-order valence-corrected chi connectivity index (χ1v) is 10.7. The maximum atomic E-state index is 12.3. The number of rotatable bonds is 7. The third kappa shape index (κ3) is 6.02. The van der Waals surface area contributed by atoms with Crippen molar-refractivity contribution in [3.63, 3.8) is 0 Å². The molecule has 0 unspecified atom stereocenters. The number of aliphatic hydroxyl groups excluding tert-OH is 1. The van der Waals surface area contributed by atoms with E-state index in [9.17, 15) is 9.90 Å². The van der Waals surface area contributed by atoms with Gasteiger partial charge in [0, 0.05) is 13.0 Å². The van der Waals surface area contributed by atoms with E-state index >= 15 is 0 Å². The van der Waals surface area contributed by atoms with Gasteiger partial charge in [0.05, 0.1) is 6.54 Å². The fourth-order valence-corrected chi connectivity index (χ4v) is 3.55. The molecule has 1 amide bonds. The smallest absolute Gasteiger partial charge is 0.410 e. The second kappa shape index (κ2) is 10.7. The van der Waals surface area contributed by atoms with E-state index in [1.807, 2.05) is 84.9 Å². The van der Waals surface area contributed by atoms with Crippen molar-refractivity contribution in [1.29, 1.82) is 0 Å². The summed E-state index contributed by atoms with van der Waals surface area (Å²) in [5.74, 6) is 1.40. The molecule has 0 spiro atoms. The number of β-amino-alcohol motifs (C(OH)–C–C–N with tert-alkyl or cyclic N) is 1. The average molecular weight is 434 g/mol. The van der Waals surface area contributed by atoms with Crippen molar-refractivity contribution < 1.29 is 24.1 Å². The minimum Gasteiger partial charge on any atom is -0.489 e. The molecular weight excluding hydrogens is 406 g/mol. The molecule has 1 N–H and O–H groups in total. The molecule has 3 aromatic carbocycles. The van der Waals surface area contributed by atoms with Crippen LogP contribution in [0, 0.1) is 0 Å². The lowest BCUT2D eigenvalue weighted by Gasteiger charge is -2.35. The summed E-state index contributed by atoms with van der Waals surface area (Å²) in [4.78, 5) is 13.8. The molecule has 1 fully saturated rings. The van der Waals surface area contributed by atoms with Crippen LogP contribution in [0.25, 0.3) is 0 Å². The molecule has 0 aliphatic carbocycles. The van der Waals surface area contributed by atoms with E-state index in [1.54, 1.807) is 0 Å². The summed E-state index contributed by atoms with van der Waals surface area (Å²) in [6.45, 7) is 1.35. The highest BCUT2D eigenvalue weighted by atomic mass is 16.6. The van der Waals surface area contributed by atoms with Crippen LogP contribution in [0.5, 0.6) is 11.5 Å². The average Bonchev–Trinajstić information content (AvgIpc) is 2.84. The normalized spacial score (nSPS) is 18.1. The Kier molecular flexibility index (Phi) is 7.25. The molecule has 2 atom stereocenters. The topological polar surface area (TPSA) is 68.2 Å². The van der Waals surface area contributed by atoms with Gasteiger partial charge in [0.25, 0.3) is 0 Å². The van der Waals surface area contributed by atoms with Crippen LogP contribution in [0.1, 0.15) is 17.5 Å². The number of nitrogens with zero attached hydrogens (tertiary/aromatic N) is 1. The molecule has 0 radical (unpaired) electrons. The zero-order chi connectivity index (χ0) is 22.2. The highest BCUT2D eigenvalue weighted by molar-refractivity contribution is 5.67. The summed E-state index contributed by atoms with van der Waals surface area (Å²) >= 11 is 0. The third-order valence-electron chi connectivity index (χ3n) is 5.34. The lowest BCUT2D eigenvalue weighted by atomic mass is 10.1. The largest absolute Gasteiger partial charge is 0.489 e. The molecule has 0 bridgehead atoms. The second-order valence-electron chi connectivity index (χ2n) is 7.74. The van der Waals surface area contributed by atoms with Gasteiger partial charge < -0.3 is 24.2 Å². The highest BCUT2D eigenvalue weighted by Gasteiger charge is 2.32. The van der Waals surface area contributed by atoms with Crippen LogP contribution in [0.3, 0.4) is 0 Å². The second-order valence-corrected chi connectivity index (χ2v) is 7.74. The van der Waals surface area contributed by atoms with E-state index in [0.29, 0.717) is 25.3 Å². The van der Waals surface area contributed by atoms with E-state index in [1.165, 1.54) is 4.90 Å². The van der Waals surface area contributed by atoms with Crippen molar-refractivity contribution >= 4 is 6.09 Å². The van der Waals surface area contributed by atoms with Gasteiger partial charge in [-0.3, -0.25) is 0 Å². The minimum absolute atomic E-state index is 0.177. The number of carbonyl (C=O) groups is 1. The Labute approximate surface area is 188 Å². The van der Waals surface area contributed by atoms with Gasteiger partial charge in [0.1, 0.15) is 36.9 Å². The van der Waals surface area contributed by atoms with Crippen molar-refractivity contribution in [2.24, 2.45) is 0 Å². The molecular formula is C26H27NO5. The quantitative estimate of drug-likeness (QED) is 0.598. The minimum atomic E-state index is -0.790. The fraction of sp³-hybridized carbons (Fsp3) is 0.269. The van der Waals surface area contributed by atoms with Crippen molar-refractivity contribution in [1.82, 2.24) is 4.90 Å². The van der Waals surface area contributed by atoms with Gasteiger partial charge in [-0.15, -0.1) is 0 Å². The Bertz CT molecular complexity index is 978. The van der Waals surface area contributed by atoms with Crippen molar-refractivity contribution in [3.05, 3.63) is 96.1 Å². The maximum absolute atomic E-state index is 12.3. The van der Waals surface area contributed by atoms with E-state index < -0.39 is 12.2 Å².